The summed E-state index contributed by atoms with van der Waals surface area (Å²) < 4.78 is 5.28. The molecule has 1 aromatic carbocycles. The number of rotatable bonds is 14. The zero-order chi connectivity index (χ0) is 26.3. The molecule has 35 heavy (non-hydrogen) atoms. The molecule has 3 N–H and O–H groups in total. The van der Waals surface area contributed by atoms with Crippen molar-refractivity contribution in [3.63, 3.8) is 0 Å². The number of esters is 1. The molecule has 0 unspecified atom stereocenters. The quantitative estimate of drug-likeness (QED) is 0.116. The summed E-state index contributed by atoms with van der Waals surface area (Å²) in [6.07, 6.45) is 4.75. The highest BCUT2D eigenvalue weighted by atomic mass is 28.3. The predicted octanol–water partition coefficient (Wildman–Crippen LogP) is 4.42. The van der Waals surface area contributed by atoms with Crippen molar-refractivity contribution in [2.75, 3.05) is 23.8 Å². The molecule has 3 amide bonds. The fraction of sp³-hybridized carbons (Fsp3) is 0.385. The van der Waals surface area contributed by atoms with Crippen LogP contribution in [0.5, 0.6) is 0 Å². The van der Waals surface area contributed by atoms with Crippen LogP contribution in [0.25, 0.3) is 0 Å². The number of anilines is 2. The summed E-state index contributed by atoms with van der Waals surface area (Å²) >= 11 is 0. The van der Waals surface area contributed by atoms with Gasteiger partial charge in [0.2, 0.25) is 0 Å². The summed E-state index contributed by atoms with van der Waals surface area (Å²) in [6.45, 7) is 14.3. The van der Waals surface area contributed by atoms with Gasteiger partial charge < -0.3 is 20.7 Å². The van der Waals surface area contributed by atoms with E-state index >= 15 is 0 Å². The van der Waals surface area contributed by atoms with Crippen molar-refractivity contribution in [3.05, 3.63) is 60.5 Å². The summed E-state index contributed by atoms with van der Waals surface area (Å²) in [6, 6.07) is 5.47. The lowest BCUT2D eigenvalue weighted by Crippen LogP contribution is -2.25. The van der Waals surface area contributed by atoms with E-state index in [1.807, 2.05) is 0 Å². The first kappa shape index (κ1) is 29.4. The first-order valence-corrected chi connectivity index (χ1v) is 15.2. The number of benzene rings is 1. The lowest BCUT2D eigenvalue weighted by Gasteiger charge is -2.15. The van der Waals surface area contributed by atoms with Gasteiger partial charge in [-0.05, 0) is 37.1 Å². The summed E-state index contributed by atoms with van der Waals surface area (Å²) in [4.78, 5) is 48.1. The Morgan fingerprint density at radius 3 is 2.00 bits per heavy atom. The first-order chi connectivity index (χ1) is 16.5. The molecule has 8 nitrogen and oxygen atoms in total. The zero-order valence-electron chi connectivity index (χ0n) is 20.8. The Labute approximate surface area is 208 Å². The number of hydrogen-bond acceptors (Lipinski definition) is 5. The Balaban J connectivity index is 2.59. The van der Waals surface area contributed by atoms with Crippen molar-refractivity contribution in [1.82, 2.24) is 5.32 Å². The van der Waals surface area contributed by atoms with E-state index in [2.05, 4.69) is 60.2 Å². The third kappa shape index (κ3) is 13.6. The van der Waals surface area contributed by atoms with Gasteiger partial charge in [0.05, 0.1) is 6.61 Å². The molecule has 0 aliphatic heterocycles. The molecule has 0 fully saturated rings. The maximum atomic E-state index is 12.6. The summed E-state index contributed by atoms with van der Waals surface area (Å²) in [5.74, 6) is -1.49. The molecule has 0 radical (unpaired) electrons. The van der Waals surface area contributed by atoms with Gasteiger partial charge in [-0.2, -0.15) is 0 Å². The van der Waals surface area contributed by atoms with Crippen LogP contribution in [0.4, 0.5) is 11.4 Å². The van der Waals surface area contributed by atoms with E-state index in [1.54, 1.807) is 0 Å². The van der Waals surface area contributed by atoms with Crippen LogP contribution in [0, 0.1) is 0 Å². The van der Waals surface area contributed by atoms with Gasteiger partial charge >= 0.3 is 5.97 Å². The van der Waals surface area contributed by atoms with Crippen LogP contribution in [0.2, 0.25) is 25.7 Å². The third-order valence-corrected chi connectivity index (χ3v) is 6.36. The number of carbonyl (C=O) groups is 4. The Hall–Kier alpha value is -3.64. The molecule has 0 bridgehead atoms. The molecule has 0 aromatic heterocycles. The average molecular weight is 498 g/mol. The monoisotopic (exact) mass is 497 g/mol. The fourth-order valence-corrected chi connectivity index (χ4v) is 3.58. The molecule has 1 aromatic rings. The molecular formula is C26H35N3O5Si. The second kappa shape index (κ2) is 15.3. The van der Waals surface area contributed by atoms with Gasteiger partial charge in [-0.1, -0.05) is 39.2 Å². The van der Waals surface area contributed by atoms with Crippen LogP contribution >= 0.6 is 0 Å². The number of amides is 3. The molecule has 0 aliphatic carbocycles. The lowest BCUT2D eigenvalue weighted by molar-refractivity contribution is -0.143. The maximum Gasteiger partial charge on any atom is 0.305 e. The highest BCUT2D eigenvalue weighted by molar-refractivity contribution is 6.76. The van der Waals surface area contributed by atoms with Gasteiger partial charge in [0.15, 0.2) is 0 Å². The Morgan fingerprint density at radius 1 is 0.914 bits per heavy atom. The number of hydrogen-bond donors (Lipinski definition) is 3. The minimum absolute atomic E-state index is 0.182. The number of carbonyl (C=O) groups excluding carboxylic acids is 4. The number of unbranched alkanes of at least 4 members (excludes halogenated alkanes) is 2. The van der Waals surface area contributed by atoms with Crippen LogP contribution in [0.15, 0.2) is 55.0 Å². The molecular weight excluding hydrogens is 462 g/mol. The van der Waals surface area contributed by atoms with Gasteiger partial charge in [0, 0.05) is 50.1 Å². The Morgan fingerprint density at radius 2 is 1.49 bits per heavy atom. The number of ether oxygens (including phenoxy) is 1. The molecule has 0 heterocycles. The van der Waals surface area contributed by atoms with E-state index in [9.17, 15) is 19.2 Å². The molecule has 0 aliphatic rings. The topological polar surface area (TPSA) is 114 Å². The van der Waals surface area contributed by atoms with Crippen molar-refractivity contribution in [1.29, 1.82) is 0 Å². The van der Waals surface area contributed by atoms with E-state index in [1.165, 1.54) is 18.2 Å². The third-order valence-electron chi connectivity index (χ3n) is 4.65. The highest BCUT2D eigenvalue weighted by Crippen LogP contribution is 2.20. The first-order valence-electron chi connectivity index (χ1n) is 11.5. The van der Waals surface area contributed by atoms with E-state index in [0.717, 1.165) is 24.6 Å². The van der Waals surface area contributed by atoms with Crippen molar-refractivity contribution in [2.24, 2.45) is 0 Å². The van der Waals surface area contributed by atoms with E-state index in [4.69, 9.17) is 4.74 Å². The molecule has 9 heteroatoms. The normalized spacial score (nSPS) is 10.3. The van der Waals surface area contributed by atoms with E-state index < -0.39 is 19.9 Å². The minimum Gasteiger partial charge on any atom is -0.466 e. The summed E-state index contributed by atoms with van der Waals surface area (Å²) in [5.41, 5.74) is 5.64. The molecule has 188 valence electrons. The van der Waals surface area contributed by atoms with Gasteiger partial charge in [-0.15, -0.1) is 11.5 Å². The van der Waals surface area contributed by atoms with E-state index in [0.29, 0.717) is 43.8 Å². The van der Waals surface area contributed by atoms with Crippen molar-refractivity contribution < 1.29 is 23.9 Å². The second-order valence-electron chi connectivity index (χ2n) is 9.07. The Kier molecular flexibility index (Phi) is 12.8. The van der Waals surface area contributed by atoms with Crippen molar-refractivity contribution in [3.8, 4) is 0 Å². The zero-order valence-corrected chi connectivity index (χ0v) is 21.8. The molecule has 0 saturated heterocycles. The largest absolute Gasteiger partial charge is 0.466 e. The van der Waals surface area contributed by atoms with Gasteiger partial charge in [0.1, 0.15) is 0 Å². The van der Waals surface area contributed by atoms with Crippen LogP contribution in [-0.4, -0.2) is 44.9 Å². The van der Waals surface area contributed by atoms with Crippen LogP contribution in [0.1, 0.15) is 36.0 Å². The van der Waals surface area contributed by atoms with Crippen LogP contribution in [0.3, 0.4) is 0 Å². The molecule has 0 atom stereocenters. The van der Waals surface area contributed by atoms with E-state index in [-0.39, 0.29) is 17.4 Å². The Bertz CT molecular complexity index is 966. The SMILES string of the molecule is C=C=CC(=O)Nc1cc(NC(=O)C=C=C)cc(C(=O)NCCCCCC(=O)OCC[Si](C)(C)C)c1. The average Bonchev–Trinajstić information content (AvgIpc) is 2.75. The predicted molar refractivity (Wildman–Crippen MR) is 141 cm³/mol. The fourth-order valence-electron chi connectivity index (χ4n) is 2.86. The molecule has 1 rings (SSSR count). The standard InChI is InChI=1S/C26H35N3O5Si/c1-6-11-23(30)28-21-17-20(18-22(19-21)29-24(31)12-7-2)26(33)27-14-10-8-9-13-25(32)34-15-16-35(3,4)5/h11-12,17-19H,1-2,8-10,13-16H2,3-5H3,(H,27,33)(H,28,30)(H,29,31). The summed E-state index contributed by atoms with van der Waals surface area (Å²) in [7, 11) is -1.22. The number of nitrogens with one attached hydrogen (secondary N) is 3. The summed E-state index contributed by atoms with van der Waals surface area (Å²) in [5, 5.41) is 8.00. The van der Waals surface area contributed by atoms with Crippen molar-refractivity contribution >= 4 is 43.1 Å². The van der Waals surface area contributed by atoms with Gasteiger partial charge in [0.25, 0.3) is 17.7 Å². The highest BCUT2D eigenvalue weighted by Gasteiger charge is 2.14. The molecule has 0 saturated carbocycles. The second-order valence-corrected chi connectivity index (χ2v) is 14.7. The van der Waals surface area contributed by atoms with Crippen LogP contribution < -0.4 is 16.0 Å². The van der Waals surface area contributed by atoms with Gasteiger partial charge in [-0.3, -0.25) is 19.2 Å². The minimum atomic E-state index is -1.22. The maximum absolute atomic E-state index is 12.6. The lowest BCUT2D eigenvalue weighted by atomic mass is 10.1. The van der Waals surface area contributed by atoms with Crippen molar-refractivity contribution in [2.45, 2.75) is 51.4 Å². The smallest absolute Gasteiger partial charge is 0.305 e. The van der Waals surface area contributed by atoms with Gasteiger partial charge in [-0.25, -0.2) is 0 Å². The molecule has 0 spiro atoms. The van der Waals surface area contributed by atoms with Crippen LogP contribution in [-0.2, 0) is 19.1 Å².